The molecular weight excluding hydrogens is 791 g/mol. The quantitative estimate of drug-likeness (QED) is 0.0321. The van der Waals surface area contributed by atoms with Crippen LogP contribution in [0.2, 0.25) is 0 Å². The highest BCUT2D eigenvalue weighted by Gasteiger charge is 2.24. The Kier molecular flexibility index (Phi) is 50.0. The summed E-state index contributed by atoms with van der Waals surface area (Å²) in [5.74, 6) is -0.501. The standard InChI is InChI=1S/C58H107NO5/c1-4-7-10-13-16-19-22-25-27-28-30-33-36-39-42-45-48-51-58(63)64-54(49-46-43-40-37-34-31-24-21-18-15-12-9-6-3)52-57(62)59-55(53-60)56(61)50-47-44-41-38-35-32-29-26-23-20-17-14-11-8-5-2/h9,12,15,18,21,24,31,34,54-56,60-61H,4-8,10-11,13-14,16-17,19-20,22-23,25-30,32-33,35-53H2,1-3H3,(H,59,62)/b12-9+,18-15+,24-21+,34-31-. The molecule has 0 bridgehead atoms. The molecular formula is C58H107NO5. The minimum absolute atomic E-state index is 0.0542. The molecule has 0 heterocycles. The molecule has 3 N–H and O–H groups in total. The van der Waals surface area contributed by atoms with Gasteiger partial charge in [0.05, 0.1) is 25.2 Å². The molecule has 0 rings (SSSR count). The Morgan fingerprint density at radius 3 is 1.28 bits per heavy atom. The van der Waals surface area contributed by atoms with Crippen molar-refractivity contribution in [2.24, 2.45) is 0 Å². The van der Waals surface area contributed by atoms with E-state index in [-0.39, 0.29) is 24.9 Å². The Labute approximate surface area is 397 Å². The van der Waals surface area contributed by atoms with Crippen molar-refractivity contribution in [3.05, 3.63) is 48.6 Å². The van der Waals surface area contributed by atoms with Gasteiger partial charge in [0.1, 0.15) is 6.10 Å². The topological polar surface area (TPSA) is 95.9 Å². The minimum atomic E-state index is -0.798. The number of rotatable bonds is 50. The number of nitrogens with one attached hydrogen (secondary N) is 1. The lowest BCUT2D eigenvalue weighted by Gasteiger charge is -2.24. The number of allylic oxidation sites excluding steroid dienone is 8. The summed E-state index contributed by atoms with van der Waals surface area (Å²) >= 11 is 0. The van der Waals surface area contributed by atoms with Gasteiger partial charge in [-0.2, -0.15) is 0 Å². The summed E-state index contributed by atoms with van der Waals surface area (Å²) in [6, 6.07) is -0.713. The predicted molar refractivity (Wildman–Crippen MR) is 278 cm³/mol. The van der Waals surface area contributed by atoms with Gasteiger partial charge in [-0.25, -0.2) is 0 Å². The van der Waals surface area contributed by atoms with Gasteiger partial charge >= 0.3 is 5.97 Å². The molecule has 0 aliphatic carbocycles. The van der Waals surface area contributed by atoms with E-state index in [9.17, 15) is 19.8 Å². The highest BCUT2D eigenvalue weighted by molar-refractivity contribution is 5.77. The molecule has 6 nitrogen and oxygen atoms in total. The van der Waals surface area contributed by atoms with Crippen LogP contribution in [0.5, 0.6) is 0 Å². The zero-order valence-electron chi connectivity index (χ0n) is 42.7. The number of unbranched alkanes of at least 4 members (excludes halogenated alkanes) is 33. The van der Waals surface area contributed by atoms with Crippen molar-refractivity contribution in [1.82, 2.24) is 5.32 Å². The van der Waals surface area contributed by atoms with Crippen molar-refractivity contribution in [2.45, 2.75) is 302 Å². The highest BCUT2D eigenvalue weighted by atomic mass is 16.5. The van der Waals surface area contributed by atoms with Crippen LogP contribution in [0.4, 0.5) is 0 Å². The van der Waals surface area contributed by atoms with E-state index in [4.69, 9.17) is 4.74 Å². The van der Waals surface area contributed by atoms with Gasteiger partial charge in [0.25, 0.3) is 0 Å². The summed E-state index contributed by atoms with van der Waals surface area (Å²) in [5.41, 5.74) is 0. The van der Waals surface area contributed by atoms with E-state index in [2.05, 4.69) is 50.4 Å². The number of carbonyl (C=O) groups excluding carboxylic acids is 2. The molecule has 0 saturated heterocycles. The molecule has 6 heteroatoms. The van der Waals surface area contributed by atoms with E-state index in [1.54, 1.807) is 0 Å². The van der Waals surface area contributed by atoms with Crippen LogP contribution in [-0.2, 0) is 14.3 Å². The van der Waals surface area contributed by atoms with E-state index in [0.29, 0.717) is 19.3 Å². The van der Waals surface area contributed by atoms with Gasteiger partial charge in [-0.1, -0.05) is 275 Å². The predicted octanol–water partition coefficient (Wildman–Crippen LogP) is 17.0. The van der Waals surface area contributed by atoms with E-state index in [0.717, 1.165) is 70.6 Å². The molecule has 3 atom stereocenters. The molecule has 0 saturated carbocycles. The zero-order valence-corrected chi connectivity index (χ0v) is 42.7. The van der Waals surface area contributed by atoms with Crippen molar-refractivity contribution in [3.8, 4) is 0 Å². The number of aliphatic hydroxyl groups excluding tert-OH is 2. The minimum Gasteiger partial charge on any atom is -0.462 e. The Bertz CT molecular complexity index is 1100. The second-order valence-electron chi connectivity index (χ2n) is 19.1. The number of hydrogen-bond acceptors (Lipinski definition) is 5. The zero-order chi connectivity index (χ0) is 46.7. The lowest BCUT2D eigenvalue weighted by atomic mass is 10.0. The van der Waals surface area contributed by atoms with Crippen molar-refractivity contribution >= 4 is 11.9 Å². The van der Waals surface area contributed by atoms with Gasteiger partial charge in [0.2, 0.25) is 5.91 Å². The lowest BCUT2D eigenvalue weighted by Crippen LogP contribution is -2.46. The normalized spacial score (nSPS) is 13.5. The maximum absolute atomic E-state index is 13.2. The number of esters is 1. The smallest absolute Gasteiger partial charge is 0.306 e. The molecule has 0 aromatic heterocycles. The third-order valence-electron chi connectivity index (χ3n) is 12.8. The van der Waals surface area contributed by atoms with Gasteiger partial charge in [-0.15, -0.1) is 0 Å². The van der Waals surface area contributed by atoms with E-state index < -0.39 is 18.2 Å². The Hall–Kier alpha value is -2.18. The van der Waals surface area contributed by atoms with E-state index in [1.165, 1.54) is 167 Å². The lowest BCUT2D eigenvalue weighted by molar-refractivity contribution is -0.151. The molecule has 374 valence electrons. The molecule has 0 aliphatic heterocycles. The molecule has 64 heavy (non-hydrogen) atoms. The number of amides is 1. The molecule has 1 amide bonds. The van der Waals surface area contributed by atoms with Gasteiger partial charge < -0.3 is 20.3 Å². The first-order valence-electron chi connectivity index (χ1n) is 27.9. The van der Waals surface area contributed by atoms with Crippen LogP contribution in [0.15, 0.2) is 48.6 Å². The summed E-state index contributed by atoms with van der Waals surface area (Å²) in [6.07, 6.45) is 63.2. The van der Waals surface area contributed by atoms with Crippen LogP contribution in [0, 0.1) is 0 Å². The molecule has 3 unspecified atom stereocenters. The van der Waals surface area contributed by atoms with Gasteiger partial charge in [-0.3, -0.25) is 9.59 Å². The number of ether oxygens (including phenoxy) is 1. The third-order valence-corrected chi connectivity index (χ3v) is 12.8. The molecule has 0 fully saturated rings. The van der Waals surface area contributed by atoms with Crippen molar-refractivity contribution in [3.63, 3.8) is 0 Å². The number of hydrogen-bond donors (Lipinski definition) is 3. The molecule has 0 radical (unpaired) electrons. The summed E-state index contributed by atoms with van der Waals surface area (Å²) < 4.78 is 5.93. The molecule has 0 aliphatic rings. The van der Waals surface area contributed by atoms with Crippen molar-refractivity contribution in [1.29, 1.82) is 0 Å². The average molecular weight is 898 g/mol. The summed E-state index contributed by atoms with van der Waals surface area (Å²) in [7, 11) is 0. The van der Waals surface area contributed by atoms with Crippen molar-refractivity contribution in [2.75, 3.05) is 6.61 Å². The first-order valence-corrected chi connectivity index (χ1v) is 27.9. The van der Waals surface area contributed by atoms with E-state index in [1.807, 2.05) is 24.3 Å². The van der Waals surface area contributed by atoms with E-state index >= 15 is 0 Å². The summed E-state index contributed by atoms with van der Waals surface area (Å²) in [5, 5.41) is 23.8. The van der Waals surface area contributed by atoms with Crippen LogP contribution in [-0.4, -0.2) is 46.9 Å². The Morgan fingerprint density at radius 2 is 0.844 bits per heavy atom. The van der Waals surface area contributed by atoms with Gasteiger partial charge in [0.15, 0.2) is 0 Å². The first kappa shape index (κ1) is 61.8. The van der Waals surface area contributed by atoms with Gasteiger partial charge in [0, 0.05) is 6.42 Å². The third kappa shape index (κ3) is 46.4. The Morgan fingerprint density at radius 1 is 0.469 bits per heavy atom. The van der Waals surface area contributed by atoms with Crippen LogP contribution < -0.4 is 5.32 Å². The maximum Gasteiger partial charge on any atom is 0.306 e. The maximum atomic E-state index is 13.2. The van der Waals surface area contributed by atoms with Crippen LogP contribution >= 0.6 is 0 Å². The molecule has 0 aromatic carbocycles. The molecule has 0 aromatic rings. The largest absolute Gasteiger partial charge is 0.462 e. The van der Waals surface area contributed by atoms with Crippen molar-refractivity contribution < 1.29 is 24.5 Å². The number of carbonyl (C=O) groups is 2. The summed E-state index contributed by atoms with van der Waals surface area (Å²) in [4.78, 5) is 26.2. The SMILES string of the molecule is CC/C=C/C=C/C=C/C=C\CCCCCC(CC(=O)NC(CO)C(O)CCCCCCCCCCCCCCCCC)OC(=O)CCCCCCCCCCCCCCCCCCC. The monoisotopic (exact) mass is 898 g/mol. The summed E-state index contributed by atoms with van der Waals surface area (Å²) in [6.45, 7) is 6.36. The number of aliphatic hydroxyl groups is 2. The highest BCUT2D eigenvalue weighted by Crippen LogP contribution is 2.18. The van der Waals surface area contributed by atoms with Gasteiger partial charge in [-0.05, 0) is 44.9 Å². The fourth-order valence-electron chi connectivity index (χ4n) is 8.56. The first-order chi connectivity index (χ1) is 31.5. The molecule has 0 spiro atoms. The van der Waals surface area contributed by atoms with Crippen LogP contribution in [0.3, 0.4) is 0 Å². The fourth-order valence-corrected chi connectivity index (χ4v) is 8.56. The second kappa shape index (κ2) is 51.8. The second-order valence-corrected chi connectivity index (χ2v) is 19.1. The van der Waals surface area contributed by atoms with Crippen LogP contribution in [0.25, 0.3) is 0 Å². The Balaban J connectivity index is 4.54. The fraction of sp³-hybridized carbons (Fsp3) is 0.828. The average Bonchev–Trinajstić information content (AvgIpc) is 3.29. The van der Waals surface area contributed by atoms with Crippen LogP contribution in [0.1, 0.15) is 284 Å².